The molecule has 3 aliphatic carbocycles. The van der Waals surface area contributed by atoms with Crippen molar-refractivity contribution < 1.29 is 13.5 Å². The van der Waals surface area contributed by atoms with Crippen LogP contribution in [0.25, 0.3) is 0 Å². The van der Waals surface area contributed by atoms with E-state index in [1.807, 2.05) is 6.08 Å². The summed E-state index contributed by atoms with van der Waals surface area (Å²) in [5, 5.41) is 0. The normalized spacial score (nSPS) is 45.3. The van der Waals surface area contributed by atoms with E-state index in [1.54, 1.807) is 0 Å². The summed E-state index contributed by atoms with van der Waals surface area (Å²) in [6.45, 7) is 6.19. The second-order valence-corrected chi connectivity index (χ2v) is 10.8. The first kappa shape index (κ1) is 21.8. The minimum Gasteiger partial charge on any atom is -0.316 e. The van der Waals surface area contributed by atoms with E-state index in [9.17, 15) is 8.78 Å². The van der Waals surface area contributed by atoms with E-state index < -0.39 is 12.0 Å². The van der Waals surface area contributed by atoms with Crippen molar-refractivity contribution in [1.82, 2.24) is 0 Å². The average Bonchev–Trinajstić information content (AvgIpc) is 2.74. The van der Waals surface area contributed by atoms with Gasteiger partial charge in [0.15, 0.2) is 0 Å². The summed E-state index contributed by atoms with van der Waals surface area (Å²) in [7, 11) is 0. The minimum absolute atomic E-state index is 0.145. The standard InChI is InChI=1S/C26H42F2O/c1-3-5-19-8-10-20(11-9-19)21-14-16-23(17-15-21)25-24(26(27,28)29-25)22-12-6-18(4-2)7-13-22/h4,18-25H,2-3,5-17H2,1H3/t18-,19?,20?,21-,22-,23-,24-,25-/m0/s1. The third kappa shape index (κ3) is 4.75. The number of ether oxygens (including phenoxy) is 1. The van der Waals surface area contributed by atoms with Crippen LogP contribution in [0.4, 0.5) is 8.78 Å². The van der Waals surface area contributed by atoms with Crippen molar-refractivity contribution >= 4 is 0 Å². The van der Waals surface area contributed by atoms with Crippen LogP contribution in [-0.4, -0.2) is 12.2 Å². The lowest BCUT2D eigenvalue weighted by atomic mass is 9.64. The Labute approximate surface area is 177 Å². The van der Waals surface area contributed by atoms with Gasteiger partial charge >= 0.3 is 6.11 Å². The Kier molecular flexibility index (Phi) is 7.03. The summed E-state index contributed by atoms with van der Waals surface area (Å²) in [5.41, 5.74) is 0. The molecule has 29 heavy (non-hydrogen) atoms. The number of halogens is 2. The van der Waals surface area contributed by atoms with Gasteiger partial charge in [-0.2, -0.15) is 8.78 Å². The maximum atomic E-state index is 14.4. The zero-order valence-corrected chi connectivity index (χ0v) is 18.5. The fourth-order valence-electron chi connectivity index (χ4n) is 7.43. The first-order valence-corrected chi connectivity index (χ1v) is 12.7. The molecule has 4 rings (SSSR count). The Bertz CT molecular complexity index is 523. The summed E-state index contributed by atoms with van der Waals surface area (Å²) in [4.78, 5) is 0. The van der Waals surface area contributed by atoms with E-state index in [0.29, 0.717) is 11.8 Å². The molecule has 3 saturated carbocycles. The van der Waals surface area contributed by atoms with Crippen LogP contribution in [-0.2, 0) is 4.74 Å². The maximum Gasteiger partial charge on any atom is 0.361 e. The van der Waals surface area contributed by atoms with Gasteiger partial charge in [0.25, 0.3) is 0 Å². The van der Waals surface area contributed by atoms with Crippen LogP contribution in [0.5, 0.6) is 0 Å². The molecule has 0 bridgehead atoms. The highest BCUT2D eigenvalue weighted by molar-refractivity contribution is 4.99. The maximum absolute atomic E-state index is 14.4. The van der Waals surface area contributed by atoms with E-state index in [1.165, 1.54) is 51.4 Å². The van der Waals surface area contributed by atoms with Crippen LogP contribution >= 0.6 is 0 Å². The molecule has 0 radical (unpaired) electrons. The van der Waals surface area contributed by atoms with Crippen LogP contribution in [0.15, 0.2) is 12.7 Å². The van der Waals surface area contributed by atoms with E-state index in [-0.39, 0.29) is 12.0 Å². The topological polar surface area (TPSA) is 9.23 Å². The van der Waals surface area contributed by atoms with Crippen molar-refractivity contribution in [3.63, 3.8) is 0 Å². The Morgan fingerprint density at radius 3 is 1.83 bits per heavy atom. The monoisotopic (exact) mass is 408 g/mol. The van der Waals surface area contributed by atoms with Gasteiger partial charge in [-0.3, -0.25) is 0 Å². The van der Waals surface area contributed by atoms with Crippen molar-refractivity contribution in [1.29, 1.82) is 0 Å². The predicted molar refractivity (Wildman–Crippen MR) is 115 cm³/mol. The van der Waals surface area contributed by atoms with E-state index in [0.717, 1.165) is 56.3 Å². The molecule has 4 fully saturated rings. The molecule has 166 valence electrons. The molecule has 1 aliphatic heterocycles. The van der Waals surface area contributed by atoms with Gasteiger partial charge in [0, 0.05) is 0 Å². The quantitative estimate of drug-likeness (QED) is 0.405. The van der Waals surface area contributed by atoms with E-state index >= 15 is 0 Å². The van der Waals surface area contributed by atoms with Gasteiger partial charge in [-0.15, -0.1) is 6.58 Å². The lowest BCUT2D eigenvalue weighted by Crippen LogP contribution is -2.61. The number of hydrogen-bond donors (Lipinski definition) is 0. The summed E-state index contributed by atoms with van der Waals surface area (Å²) in [6, 6.07) is 0. The van der Waals surface area contributed by atoms with E-state index in [2.05, 4.69) is 13.5 Å². The fraction of sp³-hybridized carbons (Fsp3) is 0.923. The van der Waals surface area contributed by atoms with Crippen LogP contribution in [0.3, 0.4) is 0 Å². The smallest absolute Gasteiger partial charge is 0.316 e. The zero-order valence-electron chi connectivity index (χ0n) is 18.5. The fourth-order valence-corrected chi connectivity index (χ4v) is 7.43. The minimum atomic E-state index is -2.88. The Balaban J connectivity index is 1.26. The molecule has 0 spiro atoms. The summed E-state index contributed by atoms with van der Waals surface area (Å²) in [6.07, 6.45) is 16.0. The van der Waals surface area contributed by atoms with Crippen molar-refractivity contribution in [2.45, 2.75) is 109 Å². The van der Waals surface area contributed by atoms with Crippen LogP contribution in [0, 0.1) is 41.4 Å². The molecular formula is C26H42F2O. The van der Waals surface area contributed by atoms with Crippen molar-refractivity contribution in [3.8, 4) is 0 Å². The van der Waals surface area contributed by atoms with Gasteiger partial charge < -0.3 is 4.74 Å². The molecule has 1 nitrogen and oxygen atoms in total. The first-order chi connectivity index (χ1) is 14.0. The molecule has 0 unspecified atom stereocenters. The summed E-state index contributed by atoms with van der Waals surface area (Å²) >= 11 is 0. The molecule has 3 heteroatoms. The first-order valence-electron chi connectivity index (χ1n) is 12.7. The number of allylic oxidation sites excluding steroid dienone is 1. The molecule has 0 N–H and O–H groups in total. The SMILES string of the molecule is C=C[C@H]1CC[C@H]([C@H]2[C@H]([C@H]3CC[C@H](C4CCC(CCC)CC4)CC3)OC2(F)F)CC1. The molecule has 0 amide bonds. The average molecular weight is 409 g/mol. The lowest BCUT2D eigenvalue weighted by Gasteiger charge is -2.53. The third-order valence-corrected chi connectivity index (χ3v) is 9.23. The lowest BCUT2D eigenvalue weighted by molar-refractivity contribution is -0.418. The van der Waals surface area contributed by atoms with Crippen LogP contribution in [0.1, 0.15) is 96.8 Å². The number of rotatable bonds is 6. The number of hydrogen-bond acceptors (Lipinski definition) is 1. The van der Waals surface area contributed by atoms with Gasteiger partial charge in [0.05, 0.1) is 12.0 Å². The zero-order chi connectivity index (χ0) is 20.4. The number of alkyl halides is 2. The highest BCUT2D eigenvalue weighted by atomic mass is 19.3. The molecule has 0 aromatic carbocycles. The van der Waals surface area contributed by atoms with Crippen molar-refractivity contribution in [2.24, 2.45) is 41.4 Å². The summed E-state index contributed by atoms with van der Waals surface area (Å²) in [5.74, 6) is 3.22. The van der Waals surface area contributed by atoms with Crippen molar-refractivity contribution in [3.05, 3.63) is 12.7 Å². The molecule has 1 saturated heterocycles. The second-order valence-electron chi connectivity index (χ2n) is 10.8. The van der Waals surface area contributed by atoms with E-state index in [4.69, 9.17) is 4.74 Å². The molecule has 4 aliphatic rings. The molecule has 1 heterocycles. The highest BCUT2D eigenvalue weighted by Gasteiger charge is 2.62. The highest BCUT2D eigenvalue weighted by Crippen LogP contribution is 2.55. The molecule has 2 atom stereocenters. The van der Waals surface area contributed by atoms with Crippen molar-refractivity contribution in [2.75, 3.05) is 0 Å². The Morgan fingerprint density at radius 1 is 0.793 bits per heavy atom. The van der Waals surface area contributed by atoms with Gasteiger partial charge in [0.1, 0.15) is 0 Å². The second kappa shape index (κ2) is 9.37. The summed E-state index contributed by atoms with van der Waals surface area (Å²) < 4.78 is 34.0. The van der Waals surface area contributed by atoms with Gasteiger partial charge in [-0.05, 0) is 99.7 Å². The van der Waals surface area contributed by atoms with Gasteiger partial charge in [0.2, 0.25) is 0 Å². The van der Waals surface area contributed by atoms with Gasteiger partial charge in [-0.1, -0.05) is 38.7 Å². The third-order valence-electron chi connectivity index (χ3n) is 9.23. The molecule has 0 aromatic heterocycles. The Morgan fingerprint density at radius 2 is 1.31 bits per heavy atom. The van der Waals surface area contributed by atoms with Crippen LogP contribution < -0.4 is 0 Å². The molecular weight excluding hydrogens is 366 g/mol. The largest absolute Gasteiger partial charge is 0.361 e. The van der Waals surface area contributed by atoms with Gasteiger partial charge in [-0.25, -0.2) is 0 Å². The predicted octanol–water partition coefficient (Wildman–Crippen LogP) is 8.00. The van der Waals surface area contributed by atoms with Crippen LogP contribution in [0.2, 0.25) is 0 Å². The Hall–Kier alpha value is -0.440. The molecule has 0 aromatic rings.